The summed E-state index contributed by atoms with van der Waals surface area (Å²) in [6.07, 6.45) is 4.69. The Bertz CT molecular complexity index is 192. The molecule has 0 unspecified atom stereocenters. The quantitative estimate of drug-likeness (QED) is 0.516. The number of hydrogen-bond donors (Lipinski definition) is 0. The first-order valence-corrected chi connectivity index (χ1v) is 8.57. The zero-order valence-corrected chi connectivity index (χ0v) is 10.2. The highest BCUT2D eigenvalue weighted by atomic mass is 35.6. The van der Waals surface area contributed by atoms with Crippen molar-refractivity contribution in [2.45, 2.75) is 38.3 Å². The Labute approximate surface area is 86.0 Å². The molecule has 0 spiro atoms. The second-order valence-electron chi connectivity index (χ2n) is 4.09. The maximum absolute atomic E-state index is 11.0. The van der Waals surface area contributed by atoms with Gasteiger partial charge in [-0.25, -0.2) is 0 Å². The Morgan fingerprint density at radius 1 is 1.38 bits per heavy atom. The average Bonchev–Trinajstić information content (AvgIpc) is 2.04. The smallest absolute Gasteiger partial charge is 0.218 e. The van der Waals surface area contributed by atoms with E-state index in [0.29, 0.717) is 0 Å². The third kappa shape index (κ3) is 3.31. The summed E-state index contributed by atoms with van der Waals surface area (Å²) in [4.78, 5) is 12.8. The molecule has 0 aromatic rings. The Morgan fingerprint density at radius 3 is 2.38 bits per heavy atom. The van der Waals surface area contributed by atoms with Crippen LogP contribution in [0.25, 0.3) is 0 Å². The monoisotopic (exact) mass is 219 g/mol. The number of carbonyl (C=O) groups excluding carboxylic acids is 1. The van der Waals surface area contributed by atoms with Crippen LogP contribution in [0.1, 0.15) is 26.2 Å². The lowest BCUT2D eigenvalue weighted by Gasteiger charge is -2.32. The summed E-state index contributed by atoms with van der Waals surface area (Å²) in [5.41, 5.74) is 0. The Balaban J connectivity index is 2.45. The van der Waals surface area contributed by atoms with E-state index in [1.807, 2.05) is 7.05 Å². The van der Waals surface area contributed by atoms with Gasteiger partial charge in [0.2, 0.25) is 5.91 Å². The molecule has 2 nitrogen and oxygen atoms in total. The van der Waals surface area contributed by atoms with Crippen molar-refractivity contribution in [1.82, 2.24) is 4.90 Å². The van der Waals surface area contributed by atoms with Gasteiger partial charge in [0.05, 0.1) is 0 Å². The van der Waals surface area contributed by atoms with Crippen molar-refractivity contribution in [2.75, 3.05) is 13.2 Å². The van der Waals surface area contributed by atoms with Crippen LogP contribution in [0.2, 0.25) is 12.1 Å². The van der Waals surface area contributed by atoms with Gasteiger partial charge >= 0.3 is 0 Å². The molecular formula is C9H18ClNOSi. The van der Waals surface area contributed by atoms with Crippen LogP contribution in [0.3, 0.4) is 0 Å². The fourth-order valence-corrected chi connectivity index (χ4v) is 6.63. The molecule has 0 atom stereocenters. The van der Waals surface area contributed by atoms with E-state index in [1.165, 1.54) is 31.4 Å². The van der Waals surface area contributed by atoms with Gasteiger partial charge in [0.25, 0.3) is 0 Å². The highest BCUT2D eigenvalue weighted by molar-refractivity contribution is 7.20. The molecule has 1 aliphatic rings. The van der Waals surface area contributed by atoms with Gasteiger partial charge in [-0.3, -0.25) is 4.79 Å². The number of hydrogen-bond acceptors (Lipinski definition) is 1. The number of halogens is 1. The Morgan fingerprint density at radius 2 is 1.92 bits per heavy atom. The molecule has 0 saturated carbocycles. The molecule has 1 aliphatic heterocycles. The molecule has 1 rings (SSSR count). The first kappa shape index (κ1) is 11.1. The van der Waals surface area contributed by atoms with Crippen LogP contribution in [0.15, 0.2) is 0 Å². The Hall–Kier alpha value is -0.0231. The van der Waals surface area contributed by atoms with Gasteiger partial charge in [0.1, 0.15) is 0 Å². The standard InChI is InChI=1S/C9H18ClNOSi/c1-9(12)11(2)8-13(10)6-4-3-5-7-13/h3-8H2,1-2H3. The molecule has 1 amide bonds. The molecule has 76 valence electrons. The summed E-state index contributed by atoms with van der Waals surface area (Å²) in [5.74, 6) is 0.137. The lowest BCUT2D eigenvalue weighted by molar-refractivity contribution is -0.126. The number of amides is 1. The second kappa shape index (κ2) is 4.47. The highest BCUT2D eigenvalue weighted by Gasteiger charge is 2.34. The summed E-state index contributed by atoms with van der Waals surface area (Å²) in [6.45, 7) is 1.61. The molecule has 1 fully saturated rings. The van der Waals surface area contributed by atoms with E-state index < -0.39 is 7.38 Å². The maximum Gasteiger partial charge on any atom is 0.218 e. The van der Waals surface area contributed by atoms with Crippen molar-refractivity contribution in [3.8, 4) is 0 Å². The molecule has 0 radical (unpaired) electrons. The molecular weight excluding hydrogens is 202 g/mol. The summed E-state index contributed by atoms with van der Waals surface area (Å²) in [6, 6.07) is 2.37. The van der Waals surface area contributed by atoms with Crippen molar-refractivity contribution in [1.29, 1.82) is 0 Å². The lowest BCUT2D eigenvalue weighted by atomic mass is 10.3. The first-order chi connectivity index (χ1) is 6.03. The van der Waals surface area contributed by atoms with Crippen LogP contribution >= 0.6 is 11.1 Å². The van der Waals surface area contributed by atoms with Crippen molar-refractivity contribution in [3.63, 3.8) is 0 Å². The van der Waals surface area contributed by atoms with Gasteiger partial charge < -0.3 is 4.90 Å². The average molecular weight is 220 g/mol. The van der Waals surface area contributed by atoms with E-state index in [1.54, 1.807) is 11.8 Å². The van der Waals surface area contributed by atoms with Crippen LogP contribution in [0.4, 0.5) is 0 Å². The van der Waals surface area contributed by atoms with Gasteiger partial charge in [0.15, 0.2) is 7.38 Å². The zero-order chi connectivity index (χ0) is 9.90. The maximum atomic E-state index is 11.0. The molecule has 13 heavy (non-hydrogen) atoms. The van der Waals surface area contributed by atoms with Crippen LogP contribution in [0.5, 0.6) is 0 Å². The molecule has 0 aromatic heterocycles. The topological polar surface area (TPSA) is 20.3 Å². The highest BCUT2D eigenvalue weighted by Crippen LogP contribution is 2.31. The molecule has 4 heteroatoms. The summed E-state index contributed by atoms with van der Waals surface area (Å²) < 4.78 is 0. The van der Waals surface area contributed by atoms with E-state index in [2.05, 4.69) is 0 Å². The van der Waals surface area contributed by atoms with Crippen LogP contribution in [0, 0.1) is 0 Å². The normalized spacial score (nSPS) is 21.2. The molecule has 0 aromatic carbocycles. The van der Waals surface area contributed by atoms with Crippen LogP contribution < -0.4 is 0 Å². The molecule has 0 aliphatic carbocycles. The van der Waals surface area contributed by atoms with Gasteiger partial charge in [-0.05, 0) is 12.1 Å². The summed E-state index contributed by atoms with van der Waals surface area (Å²) in [7, 11) is 0.270. The zero-order valence-electron chi connectivity index (χ0n) is 8.48. The largest absolute Gasteiger partial charge is 0.347 e. The summed E-state index contributed by atoms with van der Waals surface area (Å²) in [5, 5.41) is 0. The van der Waals surface area contributed by atoms with Crippen molar-refractivity contribution >= 4 is 24.4 Å². The van der Waals surface area contributed by atoms with E-state index in [4.69, 9.17) is 11.1 Å². The number of rotatable bonds is 2. The minimum absolute atomic E-state index is 0.137. The number of carbonyl (C=O) groups is 1. The molecule has 1 saturated heterocycles. The molecule has 1 heterocycles. The molecule has 0 N–H and O–H groups in total. The second-order valence-corrected chi connectivity index (χ2v) is 10.1. The Kier molecular flexibility index (Phi) is 3.80. The SMILES string of the molecule is CC(=O)N(C)C[Si]1(Cl)CCCCC1. The van der Waals surface area contributed by atoms with Gasteiger partial charge in [-0.1, -0.05) is 19.3 Å². The fraction of sp³-hybridized carbons (Fsp3) is 0.889. The van der Waals surface area contributed by atoms with Crippen LogP contribution in [-0.4, -0.2) is 31.4 Å². The van der Waals surface area contributed by atoms with E-state index >= 15 is 0 Å². The lowest BCUT2D eigenvalue weighted by Crippen LogP contribution is -2.44. The van der Waals surface area contributed by atoms with Crippen molar-refractivity contribution in [3.05, 3.63) is 0 Å². The minimum Gasteiger partial charge on any atom is -0.347 e. The van der Waals surface area contributed by atoms with E-state index in [-0.39, 0.29) is 5.91 Å². The minimum atomic E-state index is -1.59. The van der Waals surface area contributed by atoms with E-state index in [9.17, 15) is 4.79 Å². The van der Waals surface area contributed by atoms with Crippen LogP contribution in [-0.2, 0) is 4.79 Å². The van der Waals surface area contributed by atoms with Crippen molar-refractivity contribution < 1.29 is 4.79 Å². The fourth-order valence-electron chi connectivity index (χ4n) is 1.88. The number of nitrogens with zero attached hydrogens (tertiary/aromatic N) is 1. The predicted molar refractivity (Wildman–Crippen MR) is 58.4 cm³/mol. The van der Waals surface area contributed by atoms with Gasteiger partial charge in [-0.2, -0.15) is 11.1 Å². The molecule has 0 bridgehead atoms. The van der Waals surface area contributed by atoms with Gasteiger partial charge in [-0.15, -0.1) is 0 Å². The van der Waals surface area contributed by atoms with Crippen molar-refractivity contribution in [2.24, 2.45) is 0 Å². The third-order valence-corrected chi connectivity index (χ3v) is 7.84. The third-order valence-electron chi connectivity index (χ3n) is 2.81. The van der Waals surface area contributed by atoms with E-state index in [0.717, 1.165) is 6.17 Å². The first-order valence-electron chi connectivity index (χ1n) is 4.94. The van der Waals surface area contributed by atoms with Gasteiger partial charge in [0, 0.05) is 20.1 Å². The summed E-state index contributed by atoms with van der Waals surface area (Å²) >= 11 is 6.56. The predicted octanol–water partition coefficient (Wildman–Crippen LogP) is 2.37.